The highest BCUT2D eigenvalue weighted by molar-refractivity contribution is 6.08. The van der Waals surface area contributed by atoms with Crippen molar-refractivity contribution in [1.29, 1.82) is 0 Å². The van der Waals surface area contributed by atoms with E-state index in [9.17, 15) is 0 Å². The molecule has 2 aliphatic heterocycles. The smallest absolute Gasteiger partial charge is 0.201 e. The van der Waals surface area contributed by atoms with E-state index in [1.807, 2.05) is 24.3 Å². The van der Waals surface area contributed by atoms with Crippen molar-refractivity contribution in [2.75, 3.05) is 0 Å². The number of aliphatic imine (C=N–C) groups is 2. The SMILES string of the molecule is c1ccc([C@@H]2N=C(C3(C4=N[C@@H](c5ccccc5)[C@H](c5ccccc5)O4)Cc4ccccc4C3)O[C@H]2c2ccccc2)cc1. The molecular weight excluding hydrogens is 528 g/mol. The summed E-state index contributed by atoms with van der Waals surface area (Å²) in [5.41, 5.74) is 6.43. The van der Waals surface area contributed by atoms with Gasteiger partial charge >= 0.3 is 0 Å². The lowest BCUT2D eigenvalue weighted by Gasteiger charge is -2.29. The number of hydrogen-bond donors (Lipinski definition) is 0. The van der Waals surface area contributed by atoms with Crippen LogP contribution in [-0.4, -0.2) is 11.8 Å². The van der Waals surface area contributed by atoms with Crippen LogP contribution in [0.1, 0.15) is 57.7 Å². The van der Waals surface area contributed by atoms with Crippen molar-refractivity contribution in [2.24, 2.45) is 15.4 Å². The number of ether oxygens (including phenoxy) is 2. The summed E-state index contributed by atoms with van der Waals surface area (Å²) >= 11 is 0. The predicted octanol–water partition coefficient (Wildman–Crippen LogP) is 8.59. The third-order valence-electron chi connectivity index (χ3n) is 9.02. The predicted molar refractivity (Wildman–Crippen MR) is 170 cm³/mol. The fourth-order valence-electron chi connectivity index (χ4n) is 6.89. The summed E-state index contributed by atoms with van der Waals surface area (Å²) < 4.78 is 14.0. The van der Waals surface area contributed by atoms with Gasteiger partial charge in [0.25, 0.3) is 0 Å². The van der Waals surface area contributed by atoms with Crippen molar-refractivity contribution in [3.05, 3.63) is 179 Å². The van der Waals surface area contributed by atoms with Gasteiger partial charge in [0, 0.05) is 0 Å². The molecule has 0 saturated carbocycles. The summed E-state index contributed by atoms with van der Waals surface area (Å²) in [7, 11) is 0. The van der Waals surface area contributed by atoms with Crippen LogP contribution in [0.25, 0.3) is 0 Å². The molecule has 0 fully saturated rings. The maximum atomic E-state index is 7.02. The quantitative estimate of drug-likeness (QED) is 0.209. The summed E-state index contributed by atoms with van der Waals surface area (Å²) in [6.45, 7) is 0. The Balaban J connectivity index is 1.27. The molecule has 0 radical (unpaired) electrons. The van der Waals surface area contributed by atoms with Crippen LogP contribution in [0.3, 0.4) is 0 Å². The molecule has 0 N–H and O–H groups in total. The maximum Gasteiger partial charge on any atom is 0.201 e. The topological polar surface area (TPSA) is 43.2 Å². The van der Waals surface area contributed by atoms with Gasteiger partial charge in [0.2, 0.25) is 11.8 Å². The lowest BCUT2D eigenvalue weighted by molar-refractivity contribution is 0.156. The second kappa shape index (κ2) is 10.7. The molecule has 3 aliphatic rings. The van der Waals surface area contributed by atoms with E-state index in [4.69, 9.17) is 19.5 Å². The van der Waals surface area contributed by atoms with Gasteiger partial charge in [-0.25, -0.2) is 9.98 Å². The third kappa shape index (κ3) is 4.54. The van der Waals surface area contributed by atoms with E-state index in [1.54, 1.807) is 0 Å². The van der Waals surface area contributed by atoms with E-state index in [1.165, 1.54) is 11.1 Å². The zero-order valence-corrected chi connectivity index (χ0v) is 23.8. The van der Waals surface area contributed by atoms with Crippen LogP contribution in [0.2, 0.25) is 0 Å². The minimum Gasteiger partial charge on any atom is -0.469 e. The van der Waals surface area contributed by atoms with Crippen molar-refractivity contribution in [2.45, 2.75) is 37.1 Å². The van der Waals surface area contributed by atoms with E-state index in [-0.39, 0.29) is 24.3 Å². The van der Waals surface area contributed by atoms with E-state index < -0.39 is 5.41 Å². The highest BCUT2D eigenvalue weighted by Gasteiger charge is 2.55. The van der Waals surface area contributed by atoms with Crippen LogP contribution in [-0.2, 0) is 22.3 Å². The van der Waals surface area contributed by atoms with Crippen molar-refractivity contribution in [3.63, 3.8) is 0 Å². The molecule has 0 aromatic heterocycles. The fourth-order valence-corrected chi connectivity index (χ4v) is 6.89. The van der Waals surface area contributed by atoms with E-state index in [2.05, 4.69) is 121 Å². The van der Waals surface area contributed by atoms with Gasteiger partial charge in [0.15, 0.2) is 12.2 Å². The first-order valence-electron chi connectivity index (χ1n) is 15.0. The maximum absolute atomic E-state index is 7.02. The molecule has 0 bridgehead atoms. The highest BCUT2D eigenvalue weighted by atomic mass is 16.5. The Labute approximate surface area is 252 Å². The first-order valence-corrected chi connectivity index (χ1v) is 15.0. The molecule has 43 heavy (non-hydrogen) atoms. The van der Waals surface area contributed by atoms with Crippen LogP contribution in [0.5, 0.6) is 0 Å². The van der Waals surface area contributed by atoms with Crippen LogP contribution >= 0.6 is 0 Å². The molecule has 4 heteroatoms. The summed E-state index contributed by atoms with van der Waals surface area (Å²) in [5.74, 6) is 1.43. The van der Waals surface area contributed by atoms with Gasteiger partial charge in [-0.1, -0.05) is 146 Å². The Morgan fingerprint density at radius 2 is 0.744 bits per heavy atom. The lowest BCUT2D eigenvalue weighted by atomic mass is 9.83. The Hall–Kier alpha value is -4.96. The molecule has 210 valence electrons. The highest BCUT2D eigenvalue weighted by Crippen LogP contribution is 2.52. The second-order valence-electron chi connectivity index (χ2n) is 11.7. The van der Waals surface area contributed by atoms with Gasteiger partial charge in [-0.05, 0) is 46.2 Å². The third-order valence-corrected chi connectivity index (χ3v) is 9.02. The van der Waals surface area contributed by atoms with Gasteiger partial charge in [-0.2, -0.15) is 0 Å². The minimum atomic E-state index is -0.642. The Morgan fingerprint density at radius 1 is 0.419 bits per heavy atom. The largest absolute Gasteiger partial charge is 0.469 e. The van der Waals surface area contributed by atoms with Crippen LogP contribution in [0, 0.1) is 5.41 Å². The van der Waals surface area contributed by atoms with Gasteiger partial charge in [-0.15, -0.1) is 0 Å². The van der Waals surface area contributed by atoms with Gasteiger partial charge in [-0.3, -0.25) is 0 Å². The van der Waals surface area contributed by atoms with E-state index in [0.29, 0.717) is 11.8 Å². The standard InChI is InChI=1S/C39H32N2O2/c1-5-15-27(16-6-1)33-35(29-19-9-3-10-20-29)42-37(40-33)39(25-31-23-13-14-24-32(31)26-39)38-41-34(28-17-7-2-8-18-28)36(43-38)30-21-11-4-12-22-30/h1-24,33-36H,25-26H2/t33-,34-,35-,36-/m0/s1. The van der Waals surface area contributed by atoms with Crippen molar-refractivity contribution < 1.29 is 9.47 Å². The molecule has 0 unspecified atom stereocenters. The molecule has 0 spiro atoms. The van der Waals surface area contributed by atoms with Gasteiger partial charge < -0.3 is 9.47 Å². The van der Waals surface area contributed by atoms with Crippen LogP contribution in [0.15, 0.2) is 156 Å². The fraction of sp³-hybridized carbons (Fsp3) is 0.179. The zero-order chi connectivity index (χ0) is 28.6. The number of fused-ring (bicyclic) bond motifs is 1. The molecule has 2 heterocycles. The monoisotopic (exact) mass is 560 g/mol. The molecule has 4 nitrogen and oxygen atoms in total. The molecule has 5 aromatic rings. The molecule has 0 amide bonds. The first kappa shape index (κ1) is 25.7. The van der Waals surface area contributed by atoms with Crippen LogP contribution in [0.4, 0.5) is 0 Å². The molecule has 8 rings (SSSR count). The normalized spacial score (nSPS) is 23.5. The number of rotatable bonds is 6. The molecule has 5 aromatic carbocycles. The van der Waals surface area contributed by atoms with Crippen LogP contribution < -0.4 is 0 Å². The van der Waals surface area contributed by atoms with Crippen molar-refractivity contribution in [3.8, 4) is 0 Å². The Kier molecular flexibility index (Phi) is 6.40. The van der Waals surface area contributed by atoms with Crippen molar-refractivity contribution in [1.82, 2.24) is 0 Å². The summed E-state index contributed by atoms with van der Waals surface area (Å²) in [6, 6.07) is 50.2. The van der Waals surface area contributed by atoms with Crippen molar-refractivity contribution >= 4 is 11.8 Å². The van der Waals surface area contributed by atoms with E-state index >= 15 is 0 Å². The number of benzene rings is 5. The lowest BCUT2D eigenvalue weighted by Crippen LogP contribution is -2.41. The van der Waals surface area contributed by atoms with Gasteiger partial charge in [0.1, 0.15) is 17.5 Å². The summed E-state index contributed by atoms with van der Waals surface area (Å²) in [5, 5.41) is 0. The Morgan fingerprint density at radius 3 is 1.12 bits per heavy atom. The minimum absolute atomic E-state index is 0.170. The molecular formula is C39H32N2O2. The summed E-state index contributed by atoms with van der Waals surface area (Å²) in [6.07, 6.45) is 0.979. The zero-order valence-electron chi connectivity index (χ0n) is 23.8. The summed E-state index contributed by atoms with van der Waals surface area (Å²) in [4.78, 5) is 10.9. The average Bonchev–Trinajstić information content (AvgIpc) is 3.83. The number of hydrogen-bond acceptors (Lipinski definition) is 4. The average molecular weight is 561 g/mol. The Bertz CT molecular complexity index is 1650. The number of nitrogens with zero attached hydrogens (tertiary/aromatic N) is 2. The van der Waals surface area contributed by atoms with E-state index in [0.717, 1.165) is 35.1 Å². The van der Waals surface area contributed by atoms with Gasteiger partial charge in [0.05, 0.1) is 0 Å². The second-order valence-corrected chi connectivity index (χ2v) is 11.7. The molecule has 4 atom stereocenters. The molecule has 1 aliphatic carbocycles. The first-order chi connectivity index (χ1) is 21.3. The molecule has 0 saturated heterocycles.